The third-order valence-electron chi connectivity index (χ3n) is 5.10. The van der Waals surface area contributed by atoms with E-state index in [4.69, 9.17) is 0 Å². The molecule has 1 saturated heterocycles. The lowest BCUT2D eigenvalue weighted by molar-refractivity contribution is -0.387. The van der Waals surface area contributed by atoms with E-state index in [0.29, 0.717) is 0 Å². The molecule has 0 saturated carbocycles. The van der Waals surface area contributed by atoms with Gasteiger partial charge in [-0.3, -0.25) is 29.8 Å². The van der Waals surface area contributed by atoms with Crippen LogP contribution >= 0.6 is 0 Å². The van der Waals surface area contributed by atoms with Crippen LogP contribution in [0.3, 0.4) is 0 Å². The number of nitrogens with zero attached hydrogens (tertiary/aromatic N) is 3. The van der Waals surface area contributed by atoms with Crippen molar-refractivity contribution in [3.8, 4) is 0 Å². The normalized spacial score (nSPS) is 16.4. The Morgan fingerprint density at radius 3 is 1.91 bits per heavy atom. The number of hydrogen-bond acceptors (Lipinski definition) is 6. The number of ketones is 1. The van der Waals surface area contributed by atoms with Crippen molar-refractivity contribution in [2.24, 2.45) is 0 Å². The van der Waals surface area contributed by atoms with E-state index in [1.54, 1.807) is 0 Å². The zero-order chi connectivity index (χ0) is 25.0. The fourth-order valence-electron chi connectivity index (χ4n) is 3.42. The number of halogens is 2. The molecular weight excluding hydrogens is 452 g/mol. The summed E-state index contributed by atoms with van der Waals surface area (Å²) in [5.74, 6) is -3.04. The largest absolute Gasteiger partial charge is 0.334 e. The number of nitro benzene ring substituents is 2. The van der Waals surface area contributed by atoms with Crippen LogP contribution in [-0.4, -0.2) is 39.5 Å². The molecule has 0 unspecified atom stereocenters. The Morgan fingerprint density at radius 1 is 0.941 bits per heavy atom. The number of amides is 1. The van der Waals surface area contributed by atoms with E-state index in [9.17, 15) is 38.6 Å². The highest BCUT2D eigenvalue weighted by molar-refractivity contribution is 6.14. The Hall–Kier alpha value is -4.54. The van der Waals surface area contributed by atoms with Crippen LogP contribution in [-0.2, 0) is 9.59 Å². The second-order valence-electron chi connectivity index (χ2n) is 7.32. The summed E-state index contributed by atoms with van der Waals surface area (Å²) in [6, 6.07) is 6.28. The lowest BCUT2D eigenvalue weighted by Crippen LogP contribution is -2.31. The van der Waals surface area contributed by atoms with Gasteiger partial charge in [-0.1, -0.05) is 18.7 Å². The minimum Gasteiger partial charge on any atom is -0.334 e. The molecule has 1 heterocycles. The van der Waals surface area contributed by atoms with Crippen molar-refractivity contribution >= 4 is 35.2 Å². The number of Topliss-reactive ketones (excluding diaryl/α,β-unsaturated/α-hetero) is 1. The molecule has 0 bridgehead atoms. The maximum Gasteiger partial charge on any atom is 0.305 e. The fraction of sp³-hybridized carbons (Fsp3) is 0.130. The van der Waals surface area contributed by atoms with E-state index in [1.807, 2.05) is 0 Å². The van der Waals surface area contributed by atoms with Crippen molar-refractivity contribution in [1.29, 1.82) is 0 Å². The molecule has 2 aromatic rings. The topological polar surface area (TPSA) is 124 Å². The van der Waals surface area contributed by atoms with Gasteiger partial charge in [0, 0.05) is 36.4 Å². The van der Waals surface area contributed by atoms with Gasteiger partial charge in [0.1, 0.15) is 0 Å². The average Bonchev–Trinajstić information content (AvgIpc) is 2.94. The van der Waals surface area contributed by atoms with Gasteiger partial charge >= 0.3 is 11.4 Å². The van der Waals surface area contributed by atoms with Crippen LogP contribution in [0.5, 0.6) is 0 Å². The first-order valence-corrected chi connectivity index (χ1v) is 9.85. The summed E-state index contributed by atoms with van der Waals surface area (Å²) in [4.78, 5) is 47.1. The maximum absolute atomic E-state index is 13.7. The van der Waals surface area contributed by atoms with Crippen molar-refractivity contribution in [2.75, 3.05) is 13.1 Å². The van der Waals surface area contributed by atoms with E-state index in [2.05, 4.69) is 6.58 Å². The number of hydrogen-bond donors (Lipinski definition) is 0. The zero-order valence-corrected chi connectivity index (χ0v) is 17.6. The van der Waals surface area contributed by atoms with Crippen LogP contribution in [0.25, 0.3) is 12.2 Å². The van der Waals surface area contributed by atoms with Gasteiger partial charge in [0.2, 0.25) is 17.5 Å². The summed E-state index contributed by atoms with van der Waals surface area (Å²) in [6.07, 6.45) is 3.83. The highest BCUT2D eigenvalue weighted by atomic mass is 19.1. The molecule has 0 spiro atoms. The van der Waals surface area contributed by atoms with Gasteiger partial charge in [-0.25, -0.2) is 0 Å². The van der Waals surface area contributed by atoms with Gasteiger partial charge in [-0.15, -0.1) is 0 Å². The molecule has 0 aliphatic carbocycles. The molecule has 0 atom stereocenters. The fourth-order valence-corrected chi connectivity index (χ4v) is 3.42. The zero-order valence-electron chi connectivity index (χ0n) is 17.6. The summed E-state index contributed by atoms with van der Waals surface area (Å²) in [5.41, 5.74) is -0.894. The lowest BCUT2D eigenvalue weighted by atomic mass is 9.98. The highest BCUT2D eigenvalue weighted by Crippen LogP contribution is 2.26. The Labute approximate surface area is 191 Å². The van der Waals surface area contributed by atoms with Gasteiger partial charge in [-0.2, -0.15) is 8.78 Å². The molecule has 174 valence electrons. The van der Waals surface area contributed by atoms with Gasteiger partial charge in [0.15, 0.2) is 5.78 Å². The smallest absolute Gasteiger partial charge is 0.305 e. The molecule has 0 radical (unpaired) electrons. The number of carbonyl (C=O) groups excluding carboxylic acids is 2. The van der Waals surface area contributed by atoms with E-state index in [1.165, 1.54) is 29.2 Å². The molecule has 1 fully saturated rings. The number of nitro groups is 2. The molecule has 0 N–H and O–H groups in total. The third-order valence-corrected chi connectivity index (χ3v) is 5.10. The van der Waals surface area contributed by atoms with Crippen LogP contribution in [0.15, 0.2) is 60.2 Å². The summed E-state index contributed by atoms with van der Waals surface area (Å²) < 4.78 is 27.4. The molecule has 34 heavy (non-hydrogen) atoms. The van der Waals surface area contributed by atoms with Crippen LogP contribution < -0.4 is 0 Å². The predicted octanol–water partition coefficient (Wildman–Crippen LogP) is 4.24. The lowest BCUT2D eigenvalue weighted by Gasteiger charge is -2.18. The predicted molar refractivity (Wildman–Crippen MR) is 118 cm³/mol. The number of benzene rings is 2. The first-order chi connectivity index (χ1) is 16.1. The molecular formula is C23H17F2N3O6. The minimum atomic E-state index is -1.04. The molecule has 3 rings (SSSR count). The summed E-state index contributed by atoms with van der Waals surface area (Å²) in [7, 11) is 0. The van der Waals surface area contributed by atoms with Crippen molar-refractivity contribution in [2.45, 2.75) is 6.42 Å². The van der Waals surface area contributed by atoms with Crippen LogP contribution in [0.4, 0.5) is 20.2 Å². The van der Waals surface area contributed by atoms with Crippen molar-refractivity contribution in [1.82, 2.24) is 4.90 Å². The van der Waals surface area contributed by atoms with Crippen molar-refractivity contribution in [3.05, 3.63) is 103 Å². The SMILES string of the molecule is C=CC(=O)N1CC/C(=C/c2ccc(F)c([N+](=O)[O-])c2)C(=O)C(=Cc2ccc(F)c([N+](=O)[O-])c2)C1. The van der Waals surface area contributed by atoms with Crippen LogP contribution in [0.2, 0.25) is 0 Å². The van der Waals surface area contributed by atoms with E-state index in [0.717, 1.165) is 30.3 Å². The average molecular weight is 469 g/mol. The molecule has 1 amide bonds. The maximum atomic E-state index is 13.7. The second-order valence-corrected chi connectivity index (χ2v) is 7.32. The molecule has 1 aliphatic heterocycles. The van der Waals surface area contributed by atoms with Gasteiger partial charge < -0.3 is 4.90 Å². The number of carbonyl (C=O) groups is 2. The Kier molecular flexibility index (Phi) is 7.05. The molecule has 9 nitrogen and oxygen atoms in total. The van der Waals surface area contributed by atoms with Gasteiger partial charge in [0.05, 0.1) is 9.85 Å². The van der Waals surface area contributed by atoms with E-state index in [-0.39, 0.29) is 41.8 Å². The first kappa shape index (κ1) is 24.1. The Balaban J connectivity index is 2.08. The Morgan fingerprint density at radius 2 is 1.44 bits per heavy atom. The molecule has 2 aromatic carbocycles. The van der Waals surface area contributed by atoms with Crippen LogP contribution in [0.1, 0.15) is 17.5 Å². The second kappa shape index (κ2) is 9.94. The highest BCUT2D eigenvalue weighted by Gasteiger charge is 2.26. The number of likely N-dealkylation sites (tertiary alicyclic amines) is 1. The summed E-state index contributed by atoms with van der Waals surface area (Å²) >= 11 is 0. The first-order valence-electron chi connectivity index (χ1n) is 9.85. The van der Waals surface area contributed by atoms with Gasteiger partial charge in [0.25, 0.3) is 0 Å². The van der Waals surface area contributed by atoms with E-state index < -0.39 is 44.5 Å². The standard InChI is InChI=1S/C23H17F2N3O6/c1-2-22(29)26-8-7-16(9-14-3-5-18(24)20(11-14)27(31)32)23(30)17(13-26)10-15-4-6-19(25)21(12-15)28(33)34/h2-6,9-12H,1,7-8,13H2/b16-9-,17-10?. The molecule has 0 aromatic heterocycles. The molecule has 1 aliphatic rings. The Bertz CT molecular complexity index is 1290. The quantitative estimate of drug-likeness (QED) is 0.367. The van der Waals surface area contributed by atoms with Crippen LogP contribution in [0, 0.1) is 31.9 Å². The summed E-state index contributed by atoms with van der Waals surface area (Å²) in [6.45, 7) is 3.40. The molecule has 11 heteroatoms. The summed E-state index contributed by atoms with van der Waals surface area (Å²) in [5, 5.41) is 22.1. The monoisotopic (exact) mass is 469 g/mol. The van der Waals surface area contributed by atoms with E-state index >= 15 is 0 Å². The third kappa shape index (κ3) is 5.26. The van der Waals surface area contributed by atoms with Crippen molar-refractivity contribution in [3.63, 3.8) is 0 Å². The minimum absolute atomic E-state index is 0.0801. The van der Waals surface area contributed by atoms with Crippen molar-refractivity contribution < 1.29 is 28.2 Å². The van der Waals surface area contributed by atoms with Gasteiger partial charge in [-0.05, 0) is 47.9 Å². The number of rotatable bonds is 5.